The fraction of sp³-hybridized carbons (Fsp3) is 0.455. The molecular formula is C33H41F. The number of aryl methyl sites for hydroxylation is 2. The van der Waals surface area contributed by atoms with E-state index in [0.717, 1.165) is 59.4 Å². The number of hydrogen-bond acceptors (Lipinski definition) is 0. The second-order valence-corrected chi connectivity index (χ2v) is 10.4. The van der Waals surface area contributed by atoms with E-state index in [9.17, 15) is 4.39 Å². The predicted molar refractivity (Wildman–Crippen MR) is 146 cm³/mol. The van der Waals surface area contributed by atoms with Crippen LogP contribution in [0.5, 0.6) is 0 Å². The van der Waals surface area contributed by atoms with Gasteiger partial charge in [0.05, 0.1) is 0 Å². The lowest BCUT2D eigenvalue weighted by molar-refractivity contribution is 0.254. The highest BCUT2D eigenvalue weighted by molar-refractivity contribution is 5.88. The lowest BCUT2D eigenvalue weighted by atomic mass is 9.78. The summed E-state index contributed by atoms with van der Waals surface area (Å²) in [7, 11) is 0. The van der Waals surface area contributed by atoms with E-state index >= 15 is 0 Å². The minimum Gasteiger partial charge on any atom is -0.206 e. The number of rotatable bonds is 11. The molecule has 1 fully saturated rings. The molecular weight excluding hydrogens is 415 g/mol. The molecule has 1 aliphatic carbocycles. The Labute approximate surface area is 206 Å². The number of unbranched alkanes of at least 4 members (excludes halogenated alkanes) is 2. The van der Waals surface area contributed by atoms with Crippen molar-refractivity contribution in [3.05, 3.63) is 84.2 Å². The summed E-state index contributed by atoms with van der Waals surface area (Å²) in [5, 5.41) is 1.73. The molecule has 0 nitrogen and oxygen atoms in total. The zero-order valence-electron chi connectivity index (χ0n) is 21.0. The van der Waals surface area contributed by atoms with Crippen molar-refractivity contribution in [3.63, 3.8) is 0 Å². The zero-order chi connectivity index (χ0) is 23.8. The van der Waals surface area contributed by atoms with Crippen LogP contribution in [0.2, 0.25) is 0 Å². The molecule has 0 amide bonds. The molecule has 0 saturated heterocycles. The molecule has 1 saturated carbocycles. The van der Waals surface area contributed by atoms with Crippen molar-refractivity contribution in [2.24, 2.45) is 11.8 Å². The van der Waals surface area contributed by atoms with Gasteiger partial charge in [-0.25, -0.2) is 4.39 Å². The topological polar surface area (TPSA) is 0 Å². The van der Waals surface area contributed by atoms with E-state index in [1.165, 1.54) is 62.5 Å². The van der Waals surface area contributed by atoms with E-state index in [2.05, 4.69) is 62.0 Å². The maximum absolute atomic E-state index is 15.0. The van der Waals surface area contributed by atoms with Crippen molar-refractivity contribution in [1.82, 2.24) is 0 Å². The summed E-state index contributed by atoms with van der Waals surface area (Å²) < 4.78 is 15.0. The zero-order valence-corrected chi connectivity index (χ0v) is 21.0. The van der Waals surface area contributed by atoms with Crippen molar-refractivity contribution < 1.29 is 4.39 Å². The molecule has 0 unspecified atom stereocenters. The standard InChI is InChI=1S/C33H41F/c1-3-5-7-9-29-20-21-31-24-30(22-23-32(31)33(29)34)28-18-16-27(17-19-28)15-14-26-12-10-25(11-13-26)8-6-4-2/h4,16-26H,2-3,5-15H2,1H3. The van der Waals surface area contributed by atoms with E-state index in [1.807, 2.05) is 12.1 Å². The smallest absolute Gasteiger partial charge is 0.134 e. The first-order valence-corrected chi connectivity index (χ1v) is 13.6. The first-order valence-electron chi connectivity index (χ1n) is 13.6. The van der Waals surface area contributed by atoms with Crippen molar-refractivity contribution in [1.29, 1.82) is 0 Å². The fourth-order valence-electron chi connectivity index (χ4n) is 5.67. The van der Waals surface area contributed by atoms with Crippen LogP contribution in [-0.4, -0.2) is 0 Å². The van der Waals surface area contributed by atoms with Crippen molar-refractivity contribution in [3.8, 4) is 11.1 Å². The Bertz CT molecular complexity index is 1050. The molecule has 0 atom stereocenters. The van der Waals surface area contributed by atoms with Gasteiger partial charge >= 0.3 is 0 Å². The fourth-order valence-corrected chi connectivity index (χ4v) is 5.67. The van der Waals surface area contributed by atoms with Gasteiger partial charge in [0.25, 0.3) is 0 Å². The number of halogens is 1. The SMILES string of the molecule is C=CCCC1CCC(CCc2ccc(-c3ccc4c(F)c(CCCCC)ccc4c3)cc2)CC1. The first kappa shape index (κ1) is 24.7. The summed E-state index contributed by atoms with van der Waals surface area (Å²) >= 11 is 0. The number of benzene rings is 3. The van der Waals surface area contributed by atoms with Crippen molar-refractivity contribution in [2.45, 2.75) is 84.0 Å². The second kappa shape index (κ2) is 12.3. The lowest BCUT2D eigenvalue weighted by Gasteiger charge is -2.28. The van der Waals surface area contributed by atoms with Gasteiger partial charge in [0.15, 0.2) is 0 Å². The molecule has 0 radical (unpaired) electrons. The molecule has 34 heavy (non-hydrogen) atoms. The third-order valence-corrected chi connectivity index (χ3v) is 7.96. The van der Waals surface area contributed by atoms with Crippen LogP contribution in [0.1, 0.15) is 82.3 Å². The van der Waals surface area contributed by atoms with Crippen LogP contribution in [0.4, 0.5) is 4.39 Å². The summed E-state index contributed by atoms with van der Waals surface area (Å²) in [6.07, 6.45) is 16.9. The van der Waals surface area contributed by atoms with E-state index in [1.54, 1.807) is 0 Å². The molecule has 180 valence electrons. The molecule has 0 heterocycles. The number of allylic oxidation sites excluding steroid dienone is 1. The molecule has 4 rings (SSSR count). The molecule has 3 aromatic rings. The van der Waals surface area contributed by atoms with Crippen LogP contribution < -0.4 is 0 Å². The predicted octanol–water partition coefficient (Wildman–Crippen LogP) is 10.1. The molecule has 0 N–H and O–H groups in total. The normalized spacial score (nSPS) is 18.3. The summed E-state index contributed by atoms with van der Waals surface area (Å²) in [5.41, 5.74) is 4.65. The van der Waals surface area contributed by atoms with Gasteiger partial charge in [0.2, 0.25) is 0 Å². The maximum Gasteiger partial charge on any atom is 0.134 e. The summed E-state index contributed by atoms with van der Waals surface area (Å²) in [4.78, 5) is 0. The largest absolute Gasteiger partial charge is 0.206 e. The quantitative estimate of drug-likeness (QED) is 0.199. The van der Waals surface area contributed by atoms with Crippen LogP contribution >= 0.6 is 0 Å². The van der Waals surface area contributed by atoms with Gasteiger partial charge in [-0.1, -0.05) is 100 Å². The van der Waals surface area contributed by atoms with Crippen molar-refractivity contribution in [2.75, 3.05) is 0 Å². The van der Waals surface area contributed by atoms with Crippen LogP contribution in [0, 0.1) is 17.7 Å². The summed E-state index contributed by atoms with van der Waals surface area (Å²) in [6, 6.07) is 19.3. The Morgan fingerprint density at radius 1 is 0.824 bits per heavy atom. The third kappa shape index (κ3) is 6.38. The Balaban J connectivity index is 1.34. The molecule has 0 aromatic heterocycles. The minimum atomic E-state index is -0.0368. The summed E-state index contributed by atoms with van der Waals surface area (Å²) in [5.74, 6) is 1.78. The Kier molecular flexibility index (Phi) is 8.97. The van der Waals surface area contributed by atoms with Gasteiger partial charge in [-0.2, -0.15) is 0 Å². The van der Waals surface area contributed by atoms with Gasteiger partial charge in [-0.05, 0) is 84.1 Å². The van der Waals surface area contributed by atoms with Crippen LogP contribution in [0.25, 0.3) is 21.9 Å². The lowest BCUT2D eigenvalue weighted by Crippen LogP contribution is -2.15. The van der Waals surface area contributed by atoms with Gasteiger partial charge < -0.3 is 0 Å². The molecule has 1 heteroatoms. The van der Waals surface area contributed by atoms with Gasteiger partial charge in [0, 0.05) is 5.39 Å². The molecule has 0 spiro atoms. The van der Waals surface area contributed by atoms with Gasteiger partial charge in [-0.3, -0.25) is 0 Å². The van der Waals surface area contributed by atoms with E-state index in [4.69, 9.17) is 0 Å². The second-order valence-electron chi connectivity index (χ2n) is 10.4. The Hall–Kier alpha value is -2.41. The highest BCUT2D eigenvalue weighted by Gasteiger charge is 2.20. The maximum atomic E-state index is 15.0. The van der Waals surface area contributed by atoms with Crippen LogP contribution in [0.3, 0.4) is 0 Å². The number of fused-ring (bicyclic) bond motifs is 1. The average molecular weight is 457 g/mol. The highest BCUT2D eigenvalue weighted by atomic mass is 19.1. The summed E-state index contributed by atoms with van der Waals surface area (Å²) in [6.45, 7) is 6.05. The van der Waals surface area contributed by atoms with E-state index in [-0.39, 0.29) is 5.82 Å². The van der Waals surface area contributed by atoms with Crippen molar-refractivity contribution >= 4 is 10.8 Å². The number of hydrogen-bond donors (Lipinski definition) is 0. The van der Waals surface area contributed by atoms with Crippen LogP contribution in [-0.2, 0) is 12.8 Å². The van der Waals surface area contributed by atoms with Gasteiger partial charge in [0.1, 0.15) is 5.82 Å². The molecule has 0 aliphatic heterocycles. The first-order chi connectivity index (χ1) is 16.7. The Morgan fingerprint density at radius 3 is 2.24 bits per heavy atom. The monoisotopic (exact) mass is 456 g/mol. The van der Waals surface area contributed by atoms with Gasteiger partial charge in [-0.15, -0.1) is 6.58 Å². The molecule has 3 aromatic carbocycles. The van der Waals surface area contributed by atoms with E-state index < -0.39 is 0 Å². The average Bonchev–Trinajstić information content (AvgIpc) is 2.88. The molecule has 1 aliphatic rings. The van der Waals surface area contributed by atoms with Crippen LogP contribution in [0.15, 0.2) is 67.3 Å². The Morgan fingerprint density at radius 2 is 1.53 bits per heavy atom. The molecule has 0 bridgehead atoms. The minimum absolute atomic E-state index is 0.0368. The third-order valence-electron chi connectivity index (χ3n) is 7.96. The highest BCUT2D eigenvalue weighted by Crippen LogP contribution is 2.34. The van der Waals surface area contributed by atoms with E-state index in [0.29, 0.717) is 0 Å².